The Balaban J connectivity index is 2.11. The van der Waals surface area contributed by atoms with Crippen LogP contribution in [0.2, 0.25) is 0 Å². The van der Waals surface area contributed by atoms with Crippen molar-refractivity contribution >= 4 is 22.4 Å². The van der Waals surface area contributed by atoms with Gasteiger partial charge in [-0.05, 0) is 18.4 Å². The van der Waals surface area contributed by atoms with Gasteiger partial charge in [0, 0.05) is 0 Å². The van der Waals surface area contributed by atoms with Gasteiger partial charge in [0.05, 0.1) is 5.92 Å². The number of nitrogens with zero attached hydrogens (tertiary/aromatic N) is 2. The summed E-state index contributed by atoms with van der Waals surface area (Å²) >= 11 is 1.44. The maximum absolute atomic E-state index is 12.4. The van der Waals surface area contributed by atoms with Gasteiger partial charge in [-0.2, -0.15) is 0 Å². The van der Waals surface area contributed by atoms with Gasteiger partial charge in [-0.25, -0.2) is 0 Å². The summed E-state index contributed by atoms with van der Waals surface area (Å²) in [5, 5.41) is 12.4. The fraction of sp³-hybridized carbons (Fsp3) is 0.400. The van der Waals surface area contributed by atoms with Crippen LogP contribution < -0.4 is 5.32 Å². The van der Waals surface area contributed by atoms with Crippen molar-refractivity contribution in [2.24, 2.45) is 0 Å². The summed E-state index contributed by atoms with van der Waals surface area (Å²) in [5.41, 5.74) is 1.05. The summed E-state index contributed by atoms with van der Waals surface area (Å²) in [6, 6.07) is 9.88. The highest BCUT2D eigenvalue weighted by Gasteiger charge is 2.20. The van der Waals surface area contributed by atoms with Crippen molar-refractivity contribution in [2.75, 3.05) is 5.32 Å². The van der Waals surface area contributed by atoms with E-state index in [1.165, 1.54) is 11.3 Å². The molecule has 0 saturated carbocycles. The molecule has 1 aromatic heterocycles. The minimum absolute atomic E-state index is 0.00291. The molecule has 0 radical (unpaired) electrons. The zero-order chi connectivity index (χ0) is 14.4. The Morgan fingerprint density at radius 3 is 2.60 bits per heavy atom. The SMILES string of the molecule is CCC[C@H](C(=O)Nc1nnc(CC)s1)c1ccccc1. The molecular weight excluding hydrogens is 270 g/mol. The van der Waals surface area contributed by atoms with E-state index in [2.05, 4.69) is 22.4 Å². The largest absolute Gasteiger partial charge is 0.300 e. The van der Waals surface area contributed by atoms with Crippen LogP contribution >= 0.6 is 11.3 Å². The highest BCUT2D eigenvalue weighted by Crippen LogP contribution is 2.24. The third-order valence-electron chi connectivity index (χ3n) is 3.10. The highest BCUT2D eigenvalue weighted by molar-refractivity contribution is 7.15. The molecule has 0 fully saturated rings. The molecule has 1 atom stereocenters. The molecule has 1 heterocycles. The van der Waals surface area contributed by atoms with E-state index in [0.717, 1.165) is 29.8 Å². The lowest BCUT2D eigenvalue weighted by Gasteiger charge is -2.15. The van der Waals surface area contributed by atoms with E-state index in [1.54, 1.807) is 0 Å². The van der Waals surface area contributed by atoms with Crippen LogP contribution in [0.25, 0.3) is 0 Å². The number of hydrogen-bond acceptors (Lipinski definition) is 4. The van der Waals surface area contributed by atoms with E-state index < -0.39 is 0 Å². The Hall–Kier alpha value is -1.75. The van der Waals surface area contributed by atoms with E-state index in [1.807, 2.05) is 37.3 Å². The number of hydrogen-bond donors (Lipinski definition) is 1. The van der Waals surface area contributed by atoms with Gasteiger partial charge in [0.15, 0.2) is 0 Å². The third-order valence-corrected chi connectivity index (χ3v) is 4.08. The summed E-state index contributed by atoms with van der Waals surface area (Å²) in [7, 11) is 0. The van der Waals surface area contributed by atoms with Gasteiger partial charge in [-0.3, -0.25) is 10.1 Å². The van der Waals surface area contributed by atoms with Crippen molar-refractivity contribution in [1.29, 1.82) is 0 Å². The zero-order valence-corrected chi connectivity index (χ0v) is 12.6. The Morgan fingerprint density at radius 2 is 2.00 bits per heavy atom. The van der Waals surface area contributed by atoms with Gasteiger partial charge in [0.25, 0.3) is 0 Å². The number of nitrogens with one attached hydrogen (secondary N) is 1. The lowest BCUT2D eigenvalue weighted by Crippen LogP contribution is -2.21. The molecule has 0 aliphatic rings. The van der Waals surface area contributed by atoms with Gasteiger partial charge in [0.2, 0.25) is 11.0 Å². The molecule has 2 aromatic rings. The average molecular weight is 289 g/mol. The van der Waals surface area contributed by atoms with Crippen LogP contribution in [0.15, 0.2) is 30.3 Å². The molecule has 20 heavy (non-hydrogen) atoms. The maximum Gasteiger partial charge on any atom is 0.233 e. The molecule has 106 valence electrons. The standard InChI is InChI=1S/C15H19N3OS/c1-3-8-12(11-9-6-5-7-10-11)14(19)16-15-18-17-13(4-2)20-15/h5-7,9-10,12H,3-4,8H2,1-2H3,(H,16,18,19)/t12-/m0/s1. The van der Waals surface area contributed by atoms with E-state index >= 15 is 0 Å². The summed E-state index contributed by atoms with van der Waals surface area (Å²) in [4.78, 5) is 12.4. The van der Waals surface area contributed by atoms with Crippen molar-refractivity contribution in [3.63, 3.8) is 0 Å². The van der Waals surface area contributed by atoms with Crippen LogP contribution in [0.3, 0.4) is 0 Å². The summed E-state index contributed by atoms with van der Waals surface area (Å²) in [6.07, 6.45) is 2.63. The number of anilines is 1. The van der Waals surface area contributed by atoms with Gasteiger partial charge in [-0.1, -0.05) is 61.9 Å². The normalized spacial score (nSPS) is 12.1. The van der Waals surface area contributed by atoms with Crippen LogP contribution in [-0.4, -0.2) is 16.1 Å². The molecule has 5 heteroatoms. The predicted molar refractivity (Wildman–Crippen MR) is 82.0 cm³/mol. The second kappa shape index (κ2) is 7.14. The zero-order valence-electron chi connectivity index (χ0n) is 11.8. The van der Waals surface area contributed by atoms with Crippen LogP contribution in [0, 0.1) is 0 Å². The number of rotatable bonds is 6. The van der Waals surface area contributed by atoms with Crippen molar-refractivity contribution in [3.05, 3.63) is 40.9 Å². The molecule has 0 spiro atoms. The lowest BCUT2D eigenvalue weighted by molar-refractivity contribution is -0.117. The molecule has 0 bridgehead atoms. The topological polar surface area (TPSA) is 54.9 Å². The number of carbonyl (C=O) groups is 1. The minimum Gasteiger partial charge on any atom is -0.300 e. The fourth-order valence-electron chi connectivity index (χ4n) is 2.06. The van der Waals surface area contributed by atoms with E-state index in [4.69, 9.17) is 0 Å². The van der Waals surface area contributed by atoms with Crippen LogP contribution in [-0.2, 0) is 11.2 Å². The molecule has 1 amide bonds. The predicted octanol–water partition coefficient (Wildman–Crippen LogP) is 3.62. The number of amides is 1. The van der Waals surface area contributed by atoms with Crippen molar-refractivity contribution in [2.45, 2.75) is 39.0 Å². The van der Waals surface area contributed by atoms with E-state index in [9.17, 15) is 4.79 Å². The molecule has 0 aliphatic heterocycles. The van der Waals surface area contributed by atoms with Crippen molar-refractivity contribution < 1.29 is 4.79 Å². The third kappa shape index (κ3) is 3.63. The molecule has 0 unspecified atom stereocenters. The monoisotopic (exact) mass is 289 g/mol. The molecule has 0 saturated heterocycles. The van der Waals surface area contributed by atoms with Crippen LogP contribution in [0.5, 0.6) is 0 Å². The first-order chi connectivity index (χ1) is 9.74. The maximum atomic E-state index is 12.4. The van der Waals surface area contributed by atoms with Gasteiger partial charge in [0.1, 0.15) is 5.01 Å². The smallest absolute Gasteiger partial charge is 0.233 e. The number of benzene rings is 1. The number of aromatic nitrogens is 2. The fourth-order valence-corrected chi connectivity index (χ4v) is 2.75. The Kier molecular flexibility index (Phi) is 5.24. The molecule has 4 nitrogen and oxygen atoms in total. The van der Waals surface area contributed by atoms with Crippen LogP contribution in [0.4, 0.5) is 5.13 Å². The second-order valence-corrected chi connectivity index (χ2v) is 5.66. The highest BCUT2D eigenvalue weighted by atomic mass is 32.1. The first-order valence-corrected chi connectivity index (χ1v) is 7.74. The van der Waals surface area contributed by atoms with Gasteiger partial charge in [-0.15, -0.1) is 10.2 Å². The average Bonchev–Trinajstić information content (AvgIpc) is 2.93. The molecule has 1 N–H and O–H groups in total. The Morgan fingerprint density at radius 1 is 1.25 bits per heavy atom. The minimum atomic E-state index is -0.129. The Labute approximate surface area is 123 Å². The molecule has 0 aliphatic carbocycles. The molecular formula is C15H19N3OS. The molecule has 2 rings (SSSR count). The number of aryl methyl sites for hydroxylation is 1. The van der Waals surface area contributed by atoms with Gasteiger partial charge >= 0.3 is 0 Å². The van der Waals surface area contributed by atoms with Crippen molar-refractivity contribution in [1.82, 2.24) is 10.2 Å². The summed E-state index contributed by atoms with van der Waals surface area (Å²) in [6.45, 7) is 4.11. The summed E-state index contributed by atoms with van der Waals surface area (Å²) in [5.74, 6) is -0.132. The number of carbonyl (C=O) groups excluding carboxylic acids is 1. The van der Waals surface area contributed by atoms with Crippen LogP contribution in [0.1, 0.15) is 43.2 Å². The van der Waals surface area contributed by atoms with E-state index in [-0.39, 0.29) is 11.8 Å². The van der Waals surface area contributed by atoms with Gasteiger partial charge < -0.3 is 0 Å². The Bertz CT molecular complexity index is 553. The van der Waals surface area contributed by atoms with E-state index in [0.29, 0.717) is 5.13 Å². The summed E-state index contributed by atoms with van der Waals surface area (Å²) < 4.78 is 0. The van der Waals surface area contributed by atoms with Crippen molar-refractivity contribution in [3.8, 4) is 0 Å². The molecule has 1 aromatic carbocycles. The quantitative estimate of drug-likeness (QED) is 0.883. The lowest BCUT2D eigenvalue weighted by atomic mass is 9.94. The second-order valence-electron chi connectivity index (χ2n) is 4.60. The first-order valence-electron chi connectivity index (χ1n) is 6.92. The first kappa shape index (κ1) is 14.7.